The number of benzene rings is 1. The van der Waals surface area contributed by atoms with Crippen LogP contribution in [0.3, 0.4) is 0 Å². The van der Waals surface area contributed by atoms with Crippen LogP contribution in [0.1, 0.15) is 11.1 Å². The van der Waals surface area contributed by atoms with Crippen molar-refractivity contribution in [1.82, 2.24) is 4.90 Å². The van der Waals surface area contributed by atoms with Gasteiger partial charge < -0.3 is 0 Å². The molecule has 0 aliphatic carbocycles. The van der Waals surface area contributed by atoms with Gasteiger partial charge in [-0.3, -0.25) is 4.90 Å². The molecule has 1 aromatic carbocycles. The highest BCUT2D eigenvalue weighted by Gasteiger charge is 2.13. The summed E-state index contributed by atoms with van der Waals surface area (Å²) in [5.41, 5.74) is 1.38. The number of nitrogens with zero attached hydrogens (tertiary/aromatic N) is 2. The van der Waals surface area contributed by atoms with Crippen LogP contribution in [0.5, 0.6) is 0 Å². The second-order valence-corrected chi connectivity index (χ2v) is 5.03. The van der Waals surface area contributed by atoms with Crippen molar-refractivity contribution in [2.75, 3.05) is 24.6 Å². The first-order valence-corrected chi connectivity index (χ1v) is 6.43. The summed E-state index contributed by atoms with van der Waals surface area (Å²) in [6.45, 7) is 2.72. The summed E-state index contributed by atoms with van der Waals surface area (Å²) < 4.78 is 13.1. The highest BCUT2D eigenvalue weighted by molar-refractivity contribution is 7.99. The van der Waals surface area contributed by atoms with Crippen LogP contribution in [0.4, 0.5) is 4.39 Å². The van der Waals surface area contributed by atoms with Gasteiger partial charge in [0.05, 0.1) is 11.6 Å². The summed E-state index contributed by atoms with van der Waals surface area (Å²) in [6, 6.07) is 6.49. The summed E-state index contributed by atoms with van der Waals surface area (Å²) in [5, 5.41) is 8.94. The third-order valence-electron chi connectivity index (χ3n) is 2.69. The van der Waals surface area contributed by atoms with Crippen LogP contribution in [0.25, 0.3) is 0 Å². The molecule has 1 aromatic rings. The van der Waals surface area contributed by atoms with E-state index in [0.29, 0.717) is 12.1 Å². The van der Waals surface area contributed by atoms with Crippen LogP contribution < -0.4 is 0 Å². The summed E-state index contributed by atoms with van der Waals surface area (Å²) >= 11 is 1.94. The highest BCUT2D eigenvalue weighted by atomic mass is 32.2. The molecule has 0 radical (unpaired) electrons. The lowest BCUT2D eigenvalue weighted by Gasteiger charge is -2.26. The van der Waals surface area contributed by atoms with Crippen molar-refractivity contribution in [3.05, 3.63) is 35.1 Å². The maximum absolute atomic E-state index is 13.1. The van der Waals surface area contributed by atoms with Gasteiger partial charge in [0.25, 0.3) is 0 Å². The number of halogens is 1. The topological polar surface area (TPSA) is 27.0 Å². The molecule has 1 saturated heterocycles. The minimum absolute atomic E-state index is 0.264. The van der Waals surface area contributed by atoms with Crippen LogP contribution >= 0.6 is 11.8 Å². The van der Waals surface area contributed by atoms with Crippen LogP contribution in [-0.4, -0.2) is 29.5 Å². The van der Waals surface area contributed by atoms with Crippen LogP contribution in [-0.2, 0) is 6.54 Å². The van der Waals surface area contributed by atoms with Gasteiger partial charge in [0.15, 0.2) is 0 Å². The molecule has 0 unspecified atom stereocenters. The van der Waals surface area contributed by atoms with Gasteiger partial charge in [0.1, 0.15) is 5.82 Å². The van der Waals surface area contributed by atoms with E-state index in [2.05, 4.69) is 11.0 Å². The zero-order valence-corrected chi connectivity index (χ0v) is 9.76. The van der Waals surface area contributed by atoms with Crippen LogP contribution in [0, 0.1) is 17.1 Å². The smallest absolute Gasteiger partial charge is 0.123 e. The lowest BCUT2D eigenvalue weighted by atomic mass is 10.1. The lowest BCUT2D eigenvalue weighted by Crippen LogP contribution is -2.32. The molecule has 0 bridgehead atoms. The number of hydrogen-bond acceptors (Lipinski definition) is 3. The molecule has 2 nitrogen and oxygen atoms in total. The summed E-state index contributed by atoms with van der Waals surface area (Å²) in [5.74, 6) is 1.98. The Hall–Kier alpha value is -1.05. The Morgan fingerprint density at radius 3 is 2.81 bits per heavy atom. The Labute approximate surface area is 99.1 Å². The van der Waals surface area contributed by atoms with E-state index in [-0.39, 0.29) is 5.82 Å². The van der Waals surface area contributed by atoms with Gasteiger partial charge in [-0.15, -0.1) is 0 Å². The fourth-order valence-electron chi connectivity index (χ4n) is 1.80. The molecular weight excluding hydrogens is 223 g/mol. The quantitative estimate of drug-likeness (QED) is 0.788. The third-order valence-corrected chi connectivity index (χ3v) is 3.63. The molecular formula is C12H13FN2S. The molecule has 84 valence electrons. The summed E-state index contributed by atoms with van der Waals surface area (Å²) in [4.78, 5) is 2.27. The molecule has 1 aliphatic rings. The minimum atomic E-state index is -0.264. The molecule has 1 aliphatic heterocycles. The molecule has 2 rings (SSSR count). The van der Waals surface area contributed by atoms with E-state index in [1.54, 1.807) is 6.07 Å². The van der Waals surface area contributed by atoms with Crippen molar-refractivity contribution < 1.29 is 4.39 Å². The molecule has 16 heavy (non-hydrogen) atoms. The van der Waals surface area contributed by atoms with E-state index in [0.717, 1.165) is 30.2 Å². The Bertz CT molecular complexity index is 408. The van der Waals surface area contributed by atoms with Crippen molar-refractivity contribution in [2.24, 2.45) is 0 Å². The van der Waals surface area contributed by atoms with Gasteiger partial charge in [-0.25, -0.2) is 4.39 Å². The molecule has 0 atom stereocenters. The van der Waals surface area contributed by atoms with E-state index in [9.17, 15) is 4.39 Å². The van der Waals surface area contributed by atoms with Crippen molar-refractivity contribution in [1.29, 1.82) is 5.26 Å². The average molecular weight is 236 g/mol. The van der Waals surface area contributed by atoms with E-state index in [1.807, 2.05) is 11.8 Å². The van der Waals surface area contributed by atoms with Crippen LogP contribution in [0.15, 0.2) is 18.2 Å². The number of rotatable bonds is 2. The van der Waals surface area contributed by atoms with Crippen LogP contribution in [0.2, 0.25) is 0 Å². The Morgan fingerprint density at radius 1 is 1.38 bits per heavy atom. The zero-order valence-electron chi connectivity index (χ0n) is 8.95. The van der Waals surface area contributed by atoms with E-state index in [1.165, 1.54) is 12.1 Å². The fourth-order valence-corrected chi connectivity index (χ4v) is 2.78. The Balaban J connectivity index is 2.13. The third kappa shape index (κ3) is 2.75. The second-order valence-electron chi connectivity index (χ2n) is 3.80. The monoisotopic (exact) mass is 236 g/mol. The Kier molecular flexibility index (Phi) is 3.81. The minimum Gasteiger partial charge on any atom is -0.297 e. The lowest BCUT2D eigenvalue weighted by molar-refractivity contribution is 0.294. The Morgan fingerprint density at radius 2 is 2.12 bits per heavy atom. The maximum Gasteiger partial charge on any atom is 0.123 e. The molecule has 1 heterocycles. The van der Waals surface area contributed by atoms with Crippen molar-refractivity contribution >= 4 is 11.8 Å². The predicted octanol–water partition coefficient (Wildman–Crippen LogP) is 2.25. The number of nitriles is 1. The van der Waals surface area contributed by atoms with Crippen molar-refractivity contribution in [2.45, 2.75) is 6.54 Å². The molecule has 0 saturated carbocycles. The molecule has 1 fully saturated rings. The van der Waals surface area contributed by atoms with Gasteiger partial charge >= 0.3 is 0 Å². The van der Waals surface area contributed by atoms with Crippen molar-refractivity contribution in [3.63, 3.8) is 0 Å². The first-order chi connectivity index (χ1) is 7.79. The molecule has 0 spiro atoms. The summed E-state index contributed by atoms with van der Waals surface area (Å²) in [6.07, 6.45) is 0. The SMILES string of the molecule is N#Cc1ccc(F)cc1CN1CCSCC1. The van der Waals surface area contributed by atoms with Gasteiger partial charge in [-0.2, -0.15) is 17.0 Å². The highest BCUT2D eigenvalue weighted by Crippen LogP contribution is 2.16. The van der Waals surface area contributed by atoms with Gasteiger partial charge in [0, 0.05) is 31.1 Å². The summed E-state index contributed by atoms with van der Waals surface area (Å²) in [7, 11) is 0. The largest absolute Gasteiger partial charge is 0.297 e. The zero-order chi connectivity index (χ0) is 11.4. The maximum atomic E-state index is 13.1. The van der Waals surface area contributed by atoms with E-state index < -0.39 is 0 Å². The normalized spacial score (nSPS) is 17.0. The van der Waals surface area contributed by atoms with Crippen molar-refractivity contribution in [3.8, 4) is 6.07 Å². The molecule has 0 amide bonds. The second kappa shape index (κ2) is 5.33. The van der Waals surface area contributed by atoms with E-state index >= 15 is 0 Å². The standard InChI is InChI=1S/C12H13FN2S/c13-12-2-1-10(8-14)11(7-12)9-15-3-5-16-6-4-15/h1-2,7H,3-6,9H2. The number of thioether (sulfide) groups is 1. The molecule has 0 N–H and O–H groups in total. The molecule has 0 aromatic heterocycles. The van der Waals surface area contributed by atoms with E-state index in [4.69, 9.17) is 5.26 Å². The first-order valence-electron chi connectivity index (χ1n) is 5.28. The molecule has 4 heteroatoms. The average Bonchev–Trinajstić information content (AvgIpc) is 2.31. The number of hydrogen-bond donors (Lipinski definition) is 0. The fraction of sp³-hybridized carbons (Fsp3) is 0.417. The predicted molar refractivity (Wildman–Crippen MR) is 63.7 cm³/mol. The van der Waals surface area contributed by atoms with Gasteiger partial charge in [-0.05, 0) is 23.8 Å². The van der Waals surface area contributed by atoms with Gasteiger partial charge in [0.2, 0.25) is 0 Å². The van der Waals surface area contributed by atoms with Gasteiger partial charge in [-0.1, -0.05) is 0 Å². The first kappa shape index (κ1) is 11.4.